The van der Waals surface area contributed by atoms with Crippen LogP contribution in [0.2, 0.25) is 0 Å². The lowest BCUT2D eigenvalue weighted by Gasteiger charge is -2.13. The van der Waals surface area contributed by atoms with Crippen molar-refractivity contribution in [3.05, 3.63) is 48.0 Å². The Balaban J connectivity index is 1.86. The van der Waals surface area contributed by atoms with Crippen molar-refractivity contribution in [3.63, 3.8) is 0 Å². The van der Waals surface area contributed by atoms with Crippen molar-refractivity contribution in [1.82, 2.24) is 16.0 Å². The van der Waals surface area contributed by atoms with Crippen molar-refractivity contribution < 1.29 is 23.9 Å². The van der Waals surface area contributed by atoms with E-state index in [1.54, 1.807) is 12.1 Å². The van der Waals surface area contributed by atoms with Gasteiger partial charge in [0.25, 0.3) is 11.8 Å². The summed E-state index contributed by atoms with van der Waals surface area (Å²) in [5, 5.41) is 8.53. The van der Waals surface area contributed by atoms with E-state index in [2.05, 4.69) is 10.6 Å². The van der Waals surface area contributed by atoms with Crippen LogP contribution in [0.15, 0.2) is 42.5 Å². The van der Waals surface area contributed by atoms with Gasteiger partial charge in [-0.3, -0.25) is 19.7 Å². The number of benzene rings is 2. The predicted molar refractivity (Wildman–Crippen MR) is 94.4 cm³/mol. The molecule has 8 heteroatoms. The molecule has 0 saturated carbocycles. The Labute approximate surface area is 149 Å². The number of carbonyl (C=O) groups is 4. The van der Waals surface area contributed by atoms with Crippen molar-refractivity contribution in [1.29, 1.82) is 0 Å². The van der Waals surface area contributed by atoms with Crippen molar-refractivity contribution >= 4 is 34.6 Å². The Bertz CT molecular complexity index is 850. The number of hydrogen-bond acceptors (Lipinski definition) is 5. The molecule has 4 amide bonds. The number of hydrogen-bond donors (Lipinski definition) is 3. The fourth-order valence-corrected chi connectivity index (χ4v) is 2.15. The summed E-state index contributed by atoms with van der Waals surface area (Å²) < 4.78 is 4.87. The molecule has 0 heterocycles. The maximum atomic E-state index is 12.1. The van der Waals surface area contributed by atoms with Crippen LogP contribution in [0.3, 0.4) is 0 Å². The monoisotopic (exact) mass is 357 g/mol. The molecule has 0 bridgehead atoms. The number of rotatable bonds is 5. The second-order valence-electron chi connectivity index (χ2n) is 5.45. The predicted octanol–water partition coefficient (Wildman–Crippen LogP) is 0.957. The highest BCUT2D eigenvalue weighted by Gasteiger charge is 2.20. The lowest BCUT2D eigenvalue weighted by atomic mass is 10.1. The third-order valence-electron chi connectivity index (χ3n) is 3.55. The Kier molecular flexibility index (Phi) is 6.26. The zero-order valence-corrected chi connectivity index (χ0v) is 14.4. The summed E-state index contributed by atoms with van der Waals surface area (Å²) in [7, 11) is 1.35. The van der Waals surface area contributed by atoms with Gasteiger partial charge in [0.05, 0.1) is 0 Å². The number of urea groups is 1. The summed E-state index contributed by atoms with van der Waals surface area (Å²) in [5.41, 5.74) is 0.405. The third-order valence-corrected chi connectivity index (χ3v) is 3.55. The summed E-state index contributed by atoms with van der Waals surface area (Å²) in [5.74, 6) is -1.99. The van der Waals surface area contributed by atoms with Crippen LogP contribution < -0.4 is 16.0 Å². The number of fused-ring (bicyclic) bond motifs is 1. The molecule has 0 radical (unpaired) electrons. The number of nitrogens with one attached hydrogen (secondary N) is 3. The van der Waals surface area contributed by atoms with Crippen LogP contribution in [0.25, 0.3) is 10.8 Å². The van der Waals surface area contributed by atoms with Gasteiger partial charge in [-0.25, -0.2) is 4.79 Å². The lowest BCUT2D eigenvalue weighted by molar-refractivity contribution is -0.153. The largest absolute Gasteiger partial charge is 0.451 e. The quantitative estimate of drug-likeness (QED) is 0.690. The SMILES string of the molecule is CNC(=O)NC(=O)[C@@H](C)OC(=O)CNC(=O)c1ccc2ccccc2c1. The fraction of sp³-hybridized carbons (Fsp3) is 0.222. The van der Waals surface area contributed by atoms with E-state index in [1.807, 2.05) is 35.6 Å². The van der Waals surface area contributed by atoms with Crippen LogP contribution in [-0.2, 0) is 14.3 Å². The smallest absolute Gasteiger partial charge is 0.326 e. The standard InChI is InChI=1S/C18H19N3O5/c1-11(16(23)21-18(25)19-2)26-15(22)10-20-17(24)14-8-7-12-5-3-4-6-13(12)9-14/h3-9,11H,10H2,1-2H3,(H,20,24)(H2,19,21,23,25)/t11-/m1/s1. The van der Waals surface area contributed by atoms with Crippen LogP contribution in [0.4, 0.5) is 4.79 Å². The molecule has 2 rings (SSSR count). The average molecular weight is 357 g/mol. The molecule has 136 valence electrons. The van der Waals surface area contributed by atoms with Gasteiger partial charge in [0.15, 0.2) is 6.10 Å². The molecular weight excluding hydrogens is 338 g/mol. The van der Waals surface area contributed by atoms with Gasteiger partial charge < -0.3 is 15.4 Å². The highest BCUT2D eigenvalue weighted by atomic mass is 16.5. The van der Waals surface area contributed by atoms with Gasteiger partial charge in [0.2, 0.25) is 0 Å². The summed E-state index contributed by atoms with van der Waals surface area (Å²) in [6, 6.07) is 12.1. The second kappa shape index (κ2) is 8.61. The molecule has 2 aromatic carbocycles. The second-order valence-corrected chi connectivity index (χ2v) is 5.45. The van der Waals surface area contributed by atoms with Gasteiger partial charge >= 0.3 is 12.0 Å². The summed E-state index contributed by atoms with van der Waals surface area (Å²) >= 11 is 0. The molecule has 8 nitrogen and oxygen atoms in total. The fourth-order valence-electron chi connectivity index (χ4n) is 2.15. The highest BCUT2D eigenvalue weighted by molar-refractivity contribution is 6.00. The average Bonchev–Trinajstić information content (AvgIpc) is 2.65. The van der Waals surface area contributed by atoms with E-state index in [0.29, 0.717) is 5.56 Å². The van der Waals surface area contributed by atoms with E-state index < -0.39 is 36.5 Å². The normalized spacial score (nSPS) is 11.3. The Morgan fingerprint density at radius 1 is 1.04 bits per heavy atom. The van der Waals surface area contributed by atoms with E-state index in [4.69, 9.17) is 4.74 Å². The molecule has 0 aromatic heterocycles. The first-order valence-corrected chi connectivity index (χ1v) is 7.89. The highest BCUT2D eigenvalue weighted by Crippen LogP contribution is 2.15. The third kappa shape index (κ3) is 5.04. The summed E-state index contributed by atoms with van der Waals surface area (Å²) in [6.45, 7) is 0.921. The molecule has 0 aliphatic heterocycles. The van der Waals surface area contributed by atoms with Gasteiger partial charge in [-0.1, -0.05) is 30.3 Å². The van der Waals surface area contributed by atoms with Crippen LogP contribution in [0.5, 0.6) is 0 Å². The first-order valence-electron chi connectivity index (χ1n) is 7.89. The van der Waals surface area contributed by atoms with Crippen molar-refractivity contribution in [2.24, 2.45) is 0 Å². The molecule has 26 heavy (non-hydrogen) atoms. The molecule has 0 spiro atoms. The minimum atomic E-state index is -1.17. The van der Waals surface area contributed by atoms with Gasteiger partial charge in [-0.2, -0.15) is 0 Å². The number of carbonyl (C=O) groups excluding carboxylic acids is 4. The van der Waals surface area contributed by atoms with E-state index >= 15 is 0 Å². The van der Waals surface area contributed by atoms with E-state index in [9.17, 15) is 19.2 Å². The summed E-state index contributed by atoms with van der Waals surface area (Å²) in [4.78, 5) is 46.5. The maximum absolute atomic E-state index is 12.1. The Morgan fingerprint density at radius 2 is 1.73 bits per heavy atom. The molecule has 2 aromatic rings. The molecule has 0 saturated heterocycles. The van der Waals surface area contributed by atoms with E-state index in [1.165, 1.54) is 14.0 Å². The topological polar surface area (TPSA) is 114 Å². The van der Waals surface area contributed by atoms with Crippen LogP contribution in [-0.4, -0.2) is 43.5 Å². The van der Waals surface area contributed by atoms with Crippen molar-refractivity contribution in [2.45, 2.75) is 13.0 Å². The molecule has 0 unspecified atom stereocenters. The molecule has 0 aliphatic carbocycles. The summed E-state index contributed by atoms with van der Waals surface area (Å²) in [6.07, 6.45) is -1.17. The number of imide groups is 1. The molecule has 3 N–H and O–H groups in total. The van der Waals surface area contributed by atoms with E-state index in [0.717, 1.165) is 10.8 Å². The Hall–Kier alpha value is -3.42. The number of ether oxygens (including phenoxy) is 1. The van der Waals surface area contributed by atoms with Gasteiger partial charge in [-0.05, 0) is 29.8 Å². The van der Waals surface area contributed by atoms with Crippen LogP contribution in [0, 0.1) is 0 Å². The van der Waals surface area contributed by atoms with Gasteiger partial charge in [0, 0.05) is 12.6 Å². The van der Waals surface area contributed by atoms with Gasteiger partial charge in [-0.15, -0.1) is 0 Å². The van der Waals surface area contributed by atoms with Crippen molar-refractivity contribution in [2.75, 3.05) is 13.6 Å². The minimum absolute atomic E-state index is 0.400. The maximum Gasteiger partial charge on any atom is 0.326 e. The zero-order valence-electron chi connectivity index (χ0n) is 14.4. The molecule has 1 atom stereocenters. The van der Waals surface area contributed by atoms with Crippen LogP contribution >= 0.6 is 0 Å². The first-order chi connectivity index (χ1) is 12.4. The molecule has 0 aliphatic rings. The van der Waals surface area contributed by atoms with E-state index in [-0.39, 0.29) is 0 Å². The molecule has 0 fully saturated rings. The minimum Gasteiger partial charge on any atom is -0.451 e. The molecular formula is C18H19N3O5. The first kappa shape index (κ1) is 18.9. The van der Waals surface area contributed by atoms with Crippen LogP contribution in [0.1, 0.15) is 17.3 Å². The number of esters is 1. The van der Waals surface area contributed by atoms with Crippen molar-refractivity contribution in [3.8, 4) is 0 Å². The van der Waals surface area contributed by atoms with Gasteiger partial charge in [0.1, 0.15) is 6.54 Å². The Morgan fingerprint density at radius 3 is 2.42 bits per heavy atom. The lowest BCUT2D eigenvalue weighted by Crippen LogP contribution is -2.44. The zero-order chi connectivity index (χ0) is 19.1. The number of amides is 4.